The molecule has 0 heterocycles. The number of carbonyl (C=O) groups is 1. The SMILES string of the molecule is CCOC(=O)CCCCCCCCCCCCCCC[N+](C)(C)C. The minimum absolute atomic E-state index is 0.0324. The highest BCUT2D eigenvalue weighted by molar-refractivity contribution is 5.69. The van der Waals surface area contributed by atoms with Crippen molar-refractivity contribution in [2.24, 2.45) is 0 Å². The molecule has 0 aromatic carbocycles. The Bertz CT molecular complexity index is 284. The molecule has 3 nitrogen and oxygen atoms in total. The zero-order chi connectivity index (χ0) is 18.1. The van der Waals surface area contributed by atoms with Crippen LogP contribution in [-0.2, 0) is 9.53 Å². The standard InChI is InChI=1S/C21H44NO2/c1-5-24-21(23)19-17-15-13-11-9-7-6-8-10-12-14-16-18-20-22(2,3)4/h5-20H2,1-4H3/q+1. The van der Waals surface area contributed by atoms with Crippen LogP contribution in [0, 0.1) is 0 Å². The predicted molar refractivity (Wildman–Crippen MR) is 104 cm³/mol. The normalized spacial score (nSPS) is 11.7. The number of hydrogen-bond donors (Lipinski definition) is 0. The summed E-state index contributed by atoms with van der Waals surface area (Å²) in [4.78, 5) is 11.2. The molecule has 0 aromatic rings. The van der Waals surface area contributed by atoms with Gasteiger partial charge in [-0.05, 0) is 26.2 Å². The Kier molecular flexibility index (Phi) is 15.6. The van der Waals surface area contributed by atoms with E-state index in [2.05, 4.69) is 21.1 Å². The van der Waals surface area contributed by atoms with Crippen LogP contribution in [0.1, 0.15) is 96.8 Å². The summed E-state index contributed by atoms with van der Waals surface area (Å²) in [5, 5.41) is 0. The maximum Gasteiger partial charge on any atom is 0.305 e. The van der Waals surface area contributed by atoms with Gasteiger partial charge >= 0.3 is 5.97 Å². The third-order valence-electron chi connectivity index (χ3n) is 4.52. The summed E-state index contributed by atoms with van der Waals surface area (Å²) in [5.74, 6) is -0.0324. The number of unbranched alkanes of at least 4 members (excludes halogenated alkanes) is 12. The third-order valence-corrected chi connectivity index (χ3v) is 4.52. The number of carbonyl (C=O) groups excluding carboxylic acids is 1. The second-order valence-electron chi connectivity index (χ2n) is 8.17. The molecule has 24 heavy (non-hydrogen) atoms. The average molecular weight is 343 g/mol. The van der Waals surface area contributed by atoms with E-state index in [0.29, 0.717) is 13.0 Å². The molecule has 0 N–H and O–H groups in total. The molecule has 0 radical (unpaired) electrons. The van der Waals surface area contributed by atoms with Crippen LogP contribution in [0.3, 0.4) is 0 Å². The first-order valence-corrected chi connectivity index (χ1v) is 10.4. The molecule has 3 heteroatoms. The molecule has 144 valence electrons. The number of esters is 1. The van der Waals surface area contributed by atoms with E-state index in [1.807, 2.05) is 6.92 Å². The van der Waals surface area contributed by atoms with Gasteiger partial charge in [0.1, 0.15) is 0 Å². The van der Waals surface area contributed by atoms with Gasteiger partial charge in [-0.2, -0.15) is 0 Å². The van der Waals surface area contributed by atoms with Crippen LogP contribution in [0.15, 0.2) is 0 Å². The van der Waals surface area contributed by atoms with Gasteiger partial charge in [0, 0.05) is 6.42 Å². The van der Waals surface area contributed by atoms with Gasteiger partial charge in [0.25, 0.3) is 0 Å². The highest BCUT2D eigenvalue weighted by Gasteiger charge is 2.05. The van der Waals surface area contributed by atoms with Gasteiger partial charge in [0.05, 0.1) is 34.3 Å². The smallest absolute Gasteiger partial charge is 0.305 e. The highest BCUT2D eigenvalue weighted by Crippen LogP contribution is 2.13. The van der Waals surface area contributed by atoms with Crippen molar-refractivity contribution in [3.8, 4) is 0 Å². The molecule has 0 amide bonds. The lowest BCUT2D eigenvalue weighted by Crippen LogP contribution is -2.35. The van der Waals surface area contributed by atoms with E-state index >= 15 is 0 Å². The van der Waals surface area contributed by atoms with Crippen molar-refractivity contribution in [3.63, 3.8) is 0 Å². The average Bonchev–Trinajstić information content (AvgIpc) is 2.50. The largest absolute Gasteiger partial charge is 0.466 e. The van der Waals surface area contributed by atoms with E-state index in [4.69, 9.17) is 4.74 Å². The molecule has 0 aliphatic carbocycles. The molecule has 0 aliphatic rings. The maximum atomic E-state index is 11.2. The molecule has 0 saturated heterocycles. The molecular formula is C21H44NO2+. The Labute approximate surface area is 151 Å². The van der Waals surface area contributed by atoms with Crippen LogP contribution >= 0.6 is 0 Å². The molecule has 0 aliphatic heterocycles. The van der Waals surface area contributed by atoms with Gasteiger partial charge < -0.3 is 9.22 Å². The summed E-state index contributed by atoms with van der Waals surface area (Å²) >= 11 is 0. The Morgan fingerprint density at radius 1 is 0.667 bits per heavy atom. The predicted octanol–water partition coefficient (Wildman–Crippen LogP) is 5.72. The van der Waals surface area contributed by atoms with Crippen LogP contribution in [0.2, 0.25) is 0 Å². The summed E-state index contributed by atoms with van der Waals surface area (Å²) in [6, 6.07) is 0. The van der Waals surface area contributed by atoms with Crippen molar-refractivity contribution in [1.82, 2.24) is 0 Å². The number of hydrogen-bond acceptors (Lipinski definition) is 2. The van der Waals surface area contributed by atoms with Crippen LogP contribution in [-0.4, -0.2) is 44.7 Å². The van der Waals surface area contributed by atoms with Crippen LogP contribution in [0.25, 0.3) is 0 Å². The van der Waals surface area contributed by atoms with Crippen LogP contribution in [0.4, 0.5) is 0 Å². The first-order valence-electron chi connectivity index (χ1n) is 10.4. The van der Waals surface area contributed by atoms with Crippen molar-refractivity contribution in [3.05, 3.63) is 0 Å². The summed E-state index contributed by atoms with van der Waals surface area (Å²) in [6.45, 7) is 3.68. The number of ether oxygens (including phenoxy) is 1. The minimum Gasteiger partial charge on any atom is -0.466 e. The second kappa shape index (κ2) is 15.9. The summed E-state index contributed by atoms with van der Waals surface area (Å²) < 4.78 is 6.03. The molecule has 0 unspecified atom stereocenters. The van der Waals surface area contributed by atoms with Crippen LogP contribution < -0.4 is 0 Å². The van der Waals surface area contributed by atoms with Gasteiger partial charge in [-0.1, -0.05) is 64.2 Å². The summed E-state index contributed by atoms with van der Waals surface area (Å²) in [6.07, 6.45) is 18.0. The first-order chi connectivity index (χ1) is 11.5. The van der Waals surface area contributed by atoms with Gasteiger partial charge in [-0.3, -0.25) is 4.79 Å². The Morgan fingerprint density at radius 3 is 1.42 bits per heavy atom. The molecule has 0 atom stereocenters. The van der Waals surface area contributed by atoms with E-state index in [1.54, 1.807) is 0 Å². The number of quaternary nitrogens is 1. The quantitative estimate of drug-likeness (QED) is 0.192. The van der Waals surface area contributed by atoms with E-state index in [-0.39, 0.29) is 5.97 Å². The van der Waals surface area contributed by atoms with Gasteiger partial charge in [-0.25, -0.2) is 0 Å². The van der Waals surface area contributed by atoms with Gasteiger partial charge in [0.2, 0.25) is 0 Å². The monoisotopic (exact) mass is 342 g/mol. The third kappa shape index (κ3) is 19.5. The Balaban J connectivity index is 3.09. The lowest BCUT2D eigenvalue weighted by atomic mass is 10.0. The lowest BCUT2D eigenvalue weighted by molar-refractivity contribution is -0.870. The number of rotatable bonds is 17. The fraction of sp³-hybridized carbons (Fsp3) is 0.952. The zero-order valence-corrected chi connectivity index (χ0v) is 17.1. The van der Waals surface area contributed by atoms with Crippen molar-refractivity contribution >= 4 is 5.97 Å². The molecule has 0 saturated carbocycles. The van der Waals surface area contributed by atoms with E-state index < -0.39 is 0 Å². The lowest BCUT2D eigenvalue weighted by Gasteiger charge is -2.23. The van der Waals surface area contributed by atoms with Crippen molar-refractivity contribution < 1.29 is 14.0 Å². The van der Waals surface area contributed by atoms with Crippen molar-refractivity contribution in [2.75, 3.05) is 34.3 Å². The summed E-state index contributed by atoms with van der Waals surface area (Å²) in [7, 11) is 6.83. The Hall–Kier alpha value is -0.570. The second-order valence-corrected chi connectivity index (χ2v) is 8.17. The number of nitrogens with zero attached hydrogens (tertiary/aromatic N) is 1. The molecule has 0 bridgehead atoms. The molecular weight excluding hydrogens is 298 g/mol. The van der Waals surface area contributed by atoms with Crippen molar-refractivity contribution in [1.29, 1.82) is 0 Å². The minimum atomic E-state index is -0.0324. The molecule has 0 fully saturated rings. The Morgan fingerprint density at radius 2 is 1.04 bits per heavy atom. The highest BCUT2D eigenvalue weighted by atomic mass is 16.5. The van der Waals surface area contributed by atoms with Crippen LogP contribution in [0.5, 0.6) is 0 Å². The zero-order valence-electron chi connectivity index (χ0n) is 17.1. The van der Waals surface area contributed by atoms with Gasteiger partial charge in [-0.15, -0.1) is 0 Å². The van der Waals surface area contributed by atoms with E-state index in [0.717, 1.165) is 10.9 Å². The molecule has 0 aromatic heterocycles. The van der Waals surface area contributed by atoms with Gasteiger partial charge in [0.15, 0.2) is 0 Å². The van der Waals surface area contributed by atoms with E-state index in [1.165, 1.54) is 83.6 Å². The fourth-order valence-electron chi connectivity index (χ4n) is 3.03. The molecule has 0 rings (SSSR count). The maximum absolute atomic E-state index is 11.2. The van der Waals surface area contributed by atoms with Crippen molar-refractivity contribution in [2.45, 2.75) is 96.8 Å². The van der Waals surface area contributed by atoms with E-state index in [9.17, 15) is 4.79 Å². The topological polar surface area (TPSA) is 26.3 Å². The first kappa shape index (κ1) is 23.4. The summed E-state index contributed by atoms with van der Waals surface area (Å²) in [5.41, 5.74) is 0. The fourth-order valence-corrected chi connectivity index (χ4v) is 3.03. The molecule has 0 spiro atoms.